The second-order valence-corrected chi connectivity index (χ2v) is 10.0. The molecule has 0 atom stereocenters. The highest BCUT2D eigenvalue weighted by Crippen LogP contribution is 2.32. The van der Waals surface area contributed by atoms with E-state index in [0.717, 1.165) is 41.7 Å². The first-order valence-electron chi connectivity index (χ1n) is 11.2. The quantitative estimate of drug-likeness (QED) is 0.385. The molecule has 1 aromatic carbocycles. The van der Waals surface area contributed by atoms with Gasteiger partial charge in [-0.05, 0) is 31.0 Å². The third kappa shape index (κ3) is 5.12. The smallest absolute Gasteiger partial charge is 0.395 e. The number of para-hydroxylation sites is 1. The summed E-state index contributed by atoms with van der Waals surface area (Å²) in [4.78, 5) is 15.8. The molecule has 1 amide bonds. The Morgan fingerprint density at radius 3 is 2.82 bits per heavy atom. The number of piperidine rings is 1. The molecule has 0 unspecified atom stereocenters. The number of β-amino-alcohol motifs (C(OH)–C–C–N with tert-alkyl or cyclic N) is 1. The second kappa shape index (κ2) is 10.2. The summed E-state index contributed by atoms with van der Waals surface area (Å²) < 4.78 is 13.9. The zero-order valence-corrected chi connectivity index (χ0v) is 20.0. The lowest BCUT2D eigenvalue weighted by molar-refractivity contribution is 0.149. The Morgan fingerprint density at radius 1 is 1.24 bits per heavy atom. The van der Waals surface area contributed by atoms with Gasteiger partial charge in [0.2, 0.25) is 5.88 Å². The van der Waals surface area contributed by atoms with E-state index < -0.39 is 6.09 Å². The molecule has 10 heteroatoms. The number of nitrogens with zero attached hydrogens (tertiary/aromatic N) is 3. The average molecular weight is 501 g/mol. The van der Waals surface area contributed by atoms with E-state index in [9.17, 15) is 4.79 Å². The summed E-state index contributed by atoms with van der Waals surface area (Å²) >= 11 is 7.47. The van der Waals surface area contributed by atoms with Crippen LogP contribution in [0.1, 0.15) is 18.5 Å². The Morgan fingerprint density at radius 2 is 2.06 bits per heavy atom. The maximum atomic E-state index is 12.7. The third-order valence-electron chi connectivity index (χ3n) is 5.99. The van der Waals surface area contributed by atoms with Crippen LogP contribution < -0.4 is 10.1 Å². The minimum Gasteiger partial charge on any atom is -0.395 e. The van der Waals surface area contributed by atoms with E-state index in [-0.39, 0.29) is 12.6 Å². The fourth-order valence-electron chi connectivity index (χ4n) is 4.28. The van der Waals surface area contributed by atoms with E-state index in [1.54, 1.807) is 0 Å². The van der Waals surface area contributed by atoms with E-state index in [2.05, 4.69) is 15.4 Å². The number of hydrogen-bond donors (Lipinski definition) is 2. The first-order chi connectivity index (χ1) is 16.6. The molecule has 4 heterocycles. The van der Waals surface area contributed by atoms with Crippen molar-refractivity contribution in [3.8, 4) is 16.5 Å². The molecule has 2 N–H and O–H groups in total. The van der Waals surface area contributed by atoms with Crippen LogP contribution in [0.15, 0.2) is 53.1 Å². The minimum atomic E-state index is -0.473. The third-order valence-corrected chi connectivity index (χ3v) is 7.24. The number of carbonyl (C=O) groups excluding carboxylic acids is 1. The van der Waals surface area contributed by atoms with Crippen molar-refractivity contribution >= 4 is 39.9 Å². The van der Waals surface area contributed by atoms with Gasteiger partial charge in [0.05, 0.1) is 27.9 Å². The highest BCUT2D eigenvalue weighted by atomic mass is 35.5. The molecule has 8 nitrogen and oxygen atoms in total. The number of aromatic nitrogens is 2. The lowest BCUT2D eigenvalue weighted by Gasteiger charge is -2.31. The first-order valence-corrected chi connectivity index (χ1v) is 12.4. The van der Waals surface area contributed by atoms with Crippen LogP contribution >= 0.6 is 22.9 Å². The lowest BCUT2D eigenvalue weighted by Crippen LogP contribution is -2.46. The number of aliphatic hydroxyl groups excluding tert-OH is 1. The number of ether oxygens (including phenoxy) is 1. The van der Waals surface area contributed by atoms with Crippen molar-refractivity contribution < 1.29 is 19.2 Å². The zero-order chi connectivity index (χ0) is 23.5. The first kappa shape index (κ1) is 22.9. The predicted molar refractivity (Wildman–Crippen MR) is 132 cm³/mol. The van der Waals surface area contributed by atoms with Gasteiger partial charge in [-0.15, -0.1) is 11.3 Å². The van der Waals surface area contributed by atoms with Crippen molar-refractivity contribution in [3.63, 3.8) is 0 Å². The van der Waals surface area contributed by atoms with Gasteiger partial charge in [-0.1, -0.05) is 35.0 Å². The van der Waals surface area contributed by atoms with Crippen molar-refractivity contribution in [1.82, 2.24) is 19.9 Å². The molecule has 0 bridgehead atoms. The summed E-state index contributed by atoms with van der Waals surface area (Å²) in [6.07, 6.45) is 1.18. The van der Waals surface area contributed by atoms with E-state index in [1.807, 2.05) is 53.1 Å². The fraction of sp³-hybridized carbons (Fsp3) is 0.333. The number of aliphatic hydroxyl groups is 1. The van der Waals surface area contributed by atoms with E-state index in [0.29, 0.717) is 34.8 Å². The van der Waals surface area contributed by atoms with Gasteiger partial charge in [-0.3, -0.25) is 0 Å². The van der Waals surface area contributed by atoms with Crippen LogP contribution in [-0.4, -0.2) is 58.1 Å². The van der Waals surface area contributed by atoms with Gasteiger partial charge in [0.15, 0.2) is 5.76 Å². The average Bonchev–Trinajstić information content (AvgIpc) is 3.55. The standard InChI is InChI=1S/C24H25ClN4O4S/c25-22-6-5-21(34-22)20-14-18(27-33-20)15-29-19-4-2-1-3-16(19)13-23(29)32-24(31)26-17-7-9-28(10-8-17)11-12-30/h1-6,13-14,17,30H,7-12,15H2,(H,26,31). The molecule has 4 aromatic rings. The maximum Gasteiger partial charge on any atom is 0.414 e. The summed E-state index contributed by atoms with van der Waals surface area (Å²) in [7, 11) is 0. The van der Waals surface area contributed by atoms with Crippen LogP contribution in [0.5, 0.6) is 5.88 Å². The van der Waals surface area contributed by atoms with Gasteiger partial charge in [0.1, 0.15) is 5.69 Å². The summed E-state index contributed by atoms with van der Waals surface area (Å²) in [6, 6.07) is 15.4. The molecular weight excluding hydrogens is 476 g/mol. The van der Waals surface area contributed by atoms with E-state index >= 15 is 0 Å². The van der Waals surface area contributed by atoms with Gasteiger partial charge >= 0.3 is 6.09 Å². The summed E-state index contributed by atoms with van der Waals surface area (Å²) in [6.45, 7) is 2.89. The highest BCUT2D eigenvalue weighted by molar-refractivity contribution is 7.19. The van der Waals surface area contributed by atoms with E-state index in [4.69, 9.17) is 26.0 Å². The molecular formula is C24H25ClN4O4S. The summed E-state index contributed by atoms with van der Waals surface area (Å²) in [5, 5.41) is 17.3. The SMILES string of the molecule is O=C(NC1CCN(CCO)CC1)Oc1cc2ccccc2n1Cc1cc(-c2ccc(Cl)s2)on1. The van der Waals surface area contributed by atoms with Crippen molar-refractivity contribution in [2.45, 2.75) is 25.4 Å². The molecule has 1 aliphatic rings. The molecule has 0 radical (unpaired) electrons. The number of thiophene rings is 1. The minimum absolute atomic E-state index is 0.0518. The Labute approximate surface area is 205 Å². The molecule has 0 aliphatic carbocycles. The molecule has 1 fully saturated rings. The molecule has 34 heavy (non-hydrogen) atoms. The monoisotopic (exact) mass is 500 g/mol. The van der Waals surface area contributed by atoms with Gasteiger partial charge in [-0.2, -0.15) is 0 Å². The van der Waals surface area contributed by atoms with Gasteiger partial charge in [0, 0.05) is 43.2 Å². The Hall–Kier alpha value is -2.85. The summed E-state index contributed by atoms with van der Waals surface area (Å²) in [5.41, 5.74) is 1.65. The van der Waals surface area contributed by atoms with Crippen molar-refractivity contribution in [3.05, 3.63) is 58.6 Å². The van der Waals surface area contributed by atoms with Crippen LogP contribution in [0.2, 0.25) is 4.34 Å². The highest BCUT2D eigenvalue weighted by Gasteiger charge is 2.22. The molecule has 1 saturated heterocycles. The largest absolute Gasteiger partial charge is 0.414 e. The molecule has 0 spiro atoms. The van der Waals surface area contributed by atoms with Crippen LogP contribution in [0.25, 0.3) is 21.5 Å². The van der Waals surface area contributed by atoms with Crippen molar-refractivity contribution in [1.29, 1.82) is 0 Å². The number of rotatable bonds is 7. The molecule has 1 aliphatic heterocycles. The van der Waals surface area contributed by atoms with Crippen LogP contribution in [0.3, 0.4) is 0 Å². The number of fused-ring (bicyclic) bond motifs is 1. The lowest BCUT2D eigenvalue weighted by atomic mass is 10.1. The van der Waals surface area contributed by atoms with Gasteiger partial charge in [0.25, 0.3) is 0 Å². The van der Waals surface area contributed by atoms with Crippen LogP contribution in [0, 0.1) is 0 Å². The van der Waals surface area contributed by atoms with Crippen molar-refractivity contribution in [2.24, 2.45) is 0 Å². The maximum absolute atomic E-state index is 12.7. The number of likely N-dealkylation sites (tertiary alicyclic amines) is 1. The second-order valence-electron chi connectivity index (χ2n) is 8.29. The number of benzene rings is 1. The number of amides is 1. The van der Waals surface area contributed by atoms with Crippen molar-refractivity contribution in [2.75, 3.05) is 26.2 Å². The van der Waals surface area contributed by atoms with Gasteiger partial charge in [-0.25, -0.2) is 4.79 Å². The van der Waals surface area contributed by atoms with Crippen LogP contribution in [-0.2, 0) is 6.54 Å². The zero-order valence-electron chi connectivity index (χ0n) is 18.4. The Kier molecular flexibility index (Phi) is 6.87. The molecule has 5 rings (SSSR count). The molecule has 178 valence electrons. The predicted octanol–water partition coefficient (Wildman–Crippen LogP) is 4.60. The Bertz CT molecular complexity index is 1270. The number of carbonyl (C=O) groups is 1. The fourth-order valence-corrected chi connectivity index (χ4v) is 5.27. The molecule has 3 aromatic heterocycles. The van der Waals surface area contributed by atoms with Crippen LogP contribution in [0.4, 0.5) is 4.79 Å². The number of halogens is 1. The summed E-state index contributed by atoms with van der Waals surface area (Å²) in [5.74, 6) is 1.09. The van der Waals surface area contributed by atoms with Gasteiger partial charge < -0.3 is 29.2 Å². The topological polar surface area (TPSA) is 92.8 Å². The number of nitrogens with one attached hydrogen (secondary N) is 1. The van der Waals surface area contributed by atoms with E-state index in [1.165, 1.54) is 11.3 Å². The molecule has 0 saturated carbocycles. The Balaban J connectivity index is 1.31. The number of hydrogen-bond acceptors (Lipinski definition) is 7. The normalized spacial score (nSPS) is 15.1.